The molecule has 0 unspecified atom stereocenters. The van der Waals surface area contributed by atoms with Gasteiger partial charge in [0.15, 0.2) is 11.6 Å². The quantitative estimate of drug-likeness (QED) is 0.635. The van der Waals surface area contributed by atoms with Crippen LogP contribution < -0.4 is 15.5 Å². The normalized spacial score (nSPS) is 14.3. The topological polar surface area (TPSA) is 98.8 Å². The van der Waals surface area contributed by atoms with Crippen molar-refractivity contribution in [2.45, 2.75) is 24.2 Å². The fourth-order valence-electron chi connectivity index (χ4n) is 3.51. The van der Waals surface area contributed by atoms with E-state index in [-0.39, 0.29) is 16.1 Å². The lowest BCUT2D eigenvalue weighted by Gasteiger charge is -2.30. The van der Waals surface area contributed by atoms with E-state index in [2.05, 4.69) is 10.6 Å². The third-order valence-electron chi connectivity index (χ3n) is 5.30. The third-order valence-corrected chi connectivity index (χ3v) is 7.11. The molecule has 2 amide bonds. The van der Waals surface area contributed by atoms with Crippen molar-refractivity contribution in [1.82, 2.24) is 9.62 Å². The monoisotopic (exact) mass is 480 g/mol. The summed E-state index contributed by atoms with van der Waals surface area (Å²) < 4.78 is 52.6. The maximum atomic E-state index is 13.3. The van der Waals surface area contributed by atoms with Crippen molar-refractivity contribution in [2.24, 2.45) is 0 Å². The zero-order chi connectivity index (χ0) is 24.2. The van der Waals surface area contributed by atoms with Crippen LogP contribution in [0.25, 0.3) is 0 Å². The van der Waals surface area contributed by atoms with Gasteiger partial charge in [0.25, 0.3) is 5.91 Å². The van der Waals surface area contributed by atoms with Gasteiger partial charge in [-0.1, -0.05) is 0 Å². The second-order valence-electron chi connectivity index (χ2n) is 7.87. The van der Waals surface area contributed by atoms with Crippen molar-refractivity contribution >= 4 is 33.2 Å². The molecule has 2 aromatic rings. The molecule has 1 aliphatic heterocycles. The standard InChI is InChI=1S/C22H26F2N4O4S/c1-27(2)33(31,32)16-7-9-20(28-10-4-3-5-11-28)17(13-16)22(30)25-14-21(29)26-15-6-8-18(23)19(24)12-15/h6-9,12-13H,3-5,10-11,14H2,1-2H3,(H,25,30)(H,26,29). The molecule has 0 saturated carbocycles. The lowest BCUT2D eigenvalue weighted by molar-refractivity contribution is -0.115. The fourth-order valence-corrected chi connectivity index (χ4v) is 4.44. The van der Waals surface area contributed by atoms with Crippen LogP contribution >= 0.6 is 0 Å². The van der Waals surface area contributed by atoms with Crippen LogP contribution in [-0.4, -0.2) is 58.3 Å². The zero-order valence-corrected chi connectivity index (χ0v) is 19.2. The summed E-state index contributed by atoms with van der Waals surface area (Å²) >= 11 is 0. The van der Waals surface area contributed by atoms with Gasteiger partial charge in [0.05, 0.1) is 17.0 Å². The number of amides is 2. The first kappa shape index (κ1) is 24.6. The van der Waals surface area contributed by atoms with Crippen LogP contribution in [-0.2, 0) is 14.8 Å². The summed E-state index contributed by atoms with van der Waals surface area (Å²) in [5, 5.41) is 4.85. The van der Waals surface area contributed by atoms with Gasteiger partial charge in [-0.3, -0.25) is 9.59 Å². The average molecular weight is 481 g/mol. The number of nitrogens with one attached hydrogen (secondary N) is 2. The first-order valence-corrected chi connectivity index (χ1v) is 11.9. The first-order chi connectivity index (χ1) is 15.6. The van der Waals surface area contributed by atoms with Crippen molar-refractivity contribution in [3.05, 3.63) is 53.6 Å². The number of anilines is 2. The number of rotatable bonds is 7. The molecular formula is C22H26F2N4O4S. The van der Waals surface area contributed by atoms with E-state index in [1.165, 1.54) is 32.3 Å². The number of benzene rings is 2. The van der Waals surface area contributed by atoms with Crippen LogP contribution in [0, 0.1) is 11.6 Å². The van der Waals surface area contributed by atoms with E-state index in [0.29, 0.717) is 5.69 Å². The van der Waals surface area contributed by atoms with Crippen molar-refractivity contribution in [1.29, 1.82) is 0 Å². The molecule has 8 nitrogen and oxygen atoms in total. The van der Waals surface area contributed by atoms with Crippen LogP contribution in [0.5, 0.6) is 0 Å². The van der Waals surface area contributed by atoms with E-state index >= 15 is 0 Å². The molecule has 1 fully saturated rings. The molecule has 0 bridgehead atoms. The highest BCUT2D eigenvalue weighted by Gasteiger charge is 2.24. The van der Waals surface area contributed by atoms with Gasteiger partial charge in [0.1, 0.15) is 0 Å². The summed E-state index contributed by atoms with van der Waals surface area (Å²) in [6.07, 6.45) is 2.99. The van der Waals surface area contributed by atoms with Crippen molar-refractivity contribution in [3.8, 4) is 0 Å². The Labute approximate surface area is 191 Å². The van der Waals surface area contributed by atoms with Gasteiger partial charge in [-0.25, -0.2) is 21.5 Å². The summed E-state index contributed by atoms with van der Waals surface area (Å²) in [7, 11) is -0.972. The molecule has 0 aliphatic carbocycles. The van der Waals surface area contributed by atoms with E-state index in [9.17, 15) is 26.8 Å². The Bertz CT molecular complexity index is 1150. The largest absolute Gasteiger partial charge is 0.371 e. The van der Waals surface area contributed by atoms with Gasteiger partial charge in [0, 0.05) is 44.6 Å². The Kier molecular flexibility index (Phi) is 7.65. The smallest absolute Gasteiger partial charge is 0.253 e. The summed E-state index contributed by atoms with van der Waals surface area (Å²) in [5.74, 6) is -3.42. The summed E-state index contributed by atoms with van der Waals surface area (Å²) in [6.45, 7) is 1.02. The molecule has 1 saturated heterocycles. The van der Waals surface area contributed by atoms with Crippen molar-refractivity contribution < 1.29 is 26.8 Å². The summed E-state index contributed by atoms with van der Waals surface area (Å²) in [6, 6.07) is 7.29. The highest BCUT2D eigenvalue weighted by Crippen LogP contribution is 2.28. The molecule has 0 spiro atoms. The summed E-state index contributed by atoms with van der Waals surface area (Å²) in [4.78, 5) is 27.2. The molecule has 178 valence electrons. The van der Waals surface area contributed by atoms with Gasteiger partial charge in [-0.15, -0.1) is 0 Å². The maximum Gasteiger partial charge on any atom is 0.253 e. The molecule has 3 rings (SSSR count). The van der Waals surface area contributed by atoms with Gasteiger partial charge in [-0.05, 0) is 49.6 Å². The van der Waals surface area contributed by atoms with Crippen LogP contribution in [0.15, 0.2) is 41.3 Å². The molecule has 2 aromatic carbocycles. The highest BCUT2D eigenvalue weighted by molar-refractivity contribution is 7.89. The molecule has 2 N–H and O–H groups in total. The molecule has 0 aromatic heterocycles. The predicted octanol–water partition coefficient (Wildman–Crippen LogP) is 2.57. The Morgan fingerprint density at radius 2 is 1.70 bits per heavy atom. The molecular weight excluding hydrogens is 454 g/mol. The fraction of sp³-hybridized carbons (Fsp3) is 0.364. The minimum absolute atomic E-state index is 0.0374. The van der Waals surface area contributed by atoms with Gasteiger partial charge in [0.2, 0.25) is 15.9 Å². The SMILES string of the molecule is CN(C)S(=O)(=O)c1ccc(N2CCCCC2)c(C(=O)NCC(=O)Nc2ccc(F)c(F)c2)c1. The van der Waals surface area contributed by atoms with E-state index in [0.717, 1.165) is 48.8 Å². The van der Waals surface area contributed by atoms with E-state index in [1.54, 1.807) is 6.07 Å². The average Bonchev–Trinajstić information content (AvgIpc) is 2.80. The number of halogens is 2. The summed E-state index contributed by atoms with van der Waals surface area (Å²) in [5.41, 5.74) is 0.771. The number of piperidine rings is 1. The minimum Gasteiger partial charge on any atom is -0.371 e. The van der Waals surface area contributed by atoms with Crippen LogP contribution in [0.3, 0.4) is 0 Å². The molecule has 33 heavy (non-hydrogen) atoms. The lowest BCUT2D eigenvalue weighted by Crippen LogP contribution is -2.36. The zero-order valence-electron chi connectivity index (χ0n) is 18.4. The molecule has 1 aliphatic rings. The Morgan fingerprint density at radius 1 is 1.00 bits per heavy atom. The number of hydrogen-bond donors (Lipinski definition) is 2. The number of sulfonamides is 1. The van der Waals surface area contributed by atoms with Gasteiger partial charge in [-0.2, -0.15) is 0 Å². The third kappa shape index (κ3) is 5.85. The van der Waals surface area contributed by atoms with Crippen LogP contribution in [0.1, 0.15) is 29.6 Å². The lowest BCUT2D eigenvalue weighted by atomic mass is 10.1. The Hall–Kier alpha value is -3.05. The molecule has 0 atom stereocenters. The van der Waals surface area contributed by atoms with Gasteiger partial charge >= 0.3 is 0 Å². The highest BCUT2D eigenvalue weighted by atomic mass is 32.2. The van der Waals surface area contributed by atoms with E-state index in [4.69, 9.17) is 0 Å². The minimum atomic E-state index is -3.77. The Balaban J connectivity index is 1.80. The second kappa shape index (κ2) is 10.3. The van der Waals surface area contributed by atoms with Crippen molar-refractivity contribution in [3.63, 3.8) is 0 Å². The predicted molar refractivity (Wildman–Crippen MR) is 121 cm³/mol. The van der Waals surface area contributed by atoms with E-state index in [1.807, 2.05) is 4.90 Å². The first-order valence-electron chi connectivity index (χ1n) is 10.4. The number of carbonyl (C=O) groups is 2. The van der Waals surface area contributed by atoms with E-state index < -0.39 is 40.0 Å². The Morgan fingerprint density at radius 3 is 2.33 bits per heavy atom. The number of nitrogens with zero attached hydrogens (tertiary/aromatic N) is 2. The van der Waals surface area contributed by atoms with Crippen LogP contribution in [0.4, 0.5) is 20.2 Å². The van der Waals surface area contributed by atoms with Gasteiger partial charge < -0.3 is 15.5 Å². The van der Waals surface area contributed by atoms with Crippen LogP contribution in [0.2, 0.25) is 0 Å². The molecule has 11 heteroatoms. The number of hydrogen-bond acceptors (Lipinski definition) is 5. The molecule has 1 heterocycles. The second-order valence-corrected chi connectivity index (χ2v) is 10.0. The van der Waals surface area contributed by atoms with Crippen molar-refractivity contribution in [2.75, 3.05) is 43.9 Å². The molecule has 0 radical (unpaired) electrons. The maximum absolute atomic E-state index is 13.3. The number of carbonyl (C=O) groups excluding carboxylic acids is 2.